The molecule has 0 saturated heterocycles. The van der Waals surface area contributed by atoms with E-state index < -0.39 is 0 Å². The molecule has 0 aliphatic heterocycles. The lowest BCUT2D eigenvalue weighted by atomic mass is 10.1. The van der Waals surface area contributed by atoms with Gasteiger partial charge in [0.25, 0.3) is 0 Å². The first kappa shape index (κ1) is 16.9. The minimum atomic E-state index is 0.458. The molecule has 4 aromatic rings. The lowest BCUT2D eigenvalue weighted by molar-refractivity contribution is 0.302. The average Bonchev–Trinajstić information content (AvgIpc) is 3.38. The summed E-state index contributed by atoms with van der Waals surface area (Å²) in [7, 11) is 0. The van der Waals surface area contributed by atoms with Crippen LogP contribution in [0.3, 0.4) is 0 Å². The maximum absolute atomic E-state index is 5.74. The Hall–Kier alpha value is -3.54. The Labute approximate surface area is 156 Å². The van der Waals surface area contributed by atoms with Crippen molar-refractivity contribution in [2.45, 2.75) is 13.5 Å². The SMILES string of the molecule is CCN=C(Nc1ccc(OCc2cnc[nH]2)cc1)c1ccc2occc2c1. The summed E-state index contributed by atoms with van der Waals surface area (Å²) in [6, 6.07) is 15.8. The number of aromatic amines is 1. The molecule has 27 heavy (non-hydrogen) atoms. The first-order chi connectivity index (χ1) is 13.3. The fraction of sp³-hybridized carbons (Fsp3) is 0.143. The lowest BCUT2D eigenvalue weighted by Crippen LogP contribution is -2.14. The van der Waals surface area contributed by atoms with E-state index in [0.29, 0.717) is 13.2 Å². The van der Waals surface area contributed by atoms with Gasteiger partial charge in [-0.1, -0.05) is 0 Å². The number of imidazole rings is 1. The summed E-state index contributed by atoms with van der Waals surface area (Å²) in [5, 5.41) is 4.45. The number of fused-ring (bicyclic) bond motifs is 1. The molecule has 6 heteroatoms. The van der Waals surface area contributed by atoms with Crippen molar-refractivity contribution in [3.05, 3.63) is 78.6 Å². The second-order valence-corrected chi connectivity index (χ2v) is 6.01. The highest BCUT2D eigenvalue weighted by atomic mass is 16.5. The van der Waals surface area contributed by atoms with Crippen molar-refractivity contribution in [2.24, 2.45) is 4.99 Å². The Morgan fingerprint density at radius 2 is 2.07 bits per heavy atom. The number of benzene rings is 2. The van der Waals surface area contributed by atoms with E-state index in [1.54, 1.807) is 18.8 Å². The van der Waals surface area contributed by atoms with Crippen LogP contribution < -0.4 is 10.1 Å². The number of hydrogen-bond donors (Lipinski definition) is 2. The van der Waals surface area contributed by atoms with Crippen molar-refractivity contribution in [1.82, 2.24) is 9.97 Å². The molecule has 0 amide bonds. The highest BCUT2D eigenvalue weighted by Crippen LogP contribution is 2.20. The molecule has 0 fully saturated rings. The van der Waals surface area contributed by atoms with Crippen LogP contribution in [0.25, 0.3) is 11.0 Å². The van der Waals surface area contributed by atoms with E-state index >= 15 is 0 Å². The second kappa shape index (κ2) is 7.78. The summed E-state index contributed by atoms with van der Waals surface area (Å²) in [6.07, 6.45) is 5.09. The van der Waals surface area contributed by atoms with E-state index in [1.807, 2.05) is 49.4 Å². The predicted molar refractivity (Wildman–Crippen MR) is 106 cm³/mol. The largest absolute Gasteiger partial charge is 0.487 e. The smallest absolute Gasteiger partial charge is 0.133 e. The van der Waals surface area contributed by atoms with Crippen molar-refractivity contribution in [3.63, 3.8) is 0 Å². The number of H-pyrrole nitrogens is 1. The van der Waals surface area contributed by atoms with Crippen LogP contribution in [0, 0.1) is 0 Å². The molecule has 0 aliphatic rings. The number of nitrogens with zero attached hydrogens (tertiary/aromatic N) is 2. The Morgan fingerprint density at radius 3 is 2.85 bits per heavy atom. The van der Waals surface area contributed by atoms with Gasteiger partial charge < -0.3 is 19.5 Å². The summed E-state index contributed by atoms with van der Waals surface area (Å²) < 4.78 is 11.2. The molecule has 0 spiro atoms. The Morgan fingerprint density at radius 1 is 1.19 bits per heavy atom. The van der Waals surface area contributed by atoms with E-state index in [-0.39, 0.29) is 0 Å². The molecular formula is C21H20N4O2. The standard InChI is InChI=1S/C21H20N4O2/c1-2-23-21(16-3-8-20-15(11-16)9-10-26-20)25-17-4-6-19(7-5-17)27-13-18-12-22-14-24-18/h3-12,14H,2,13H2,1H3,(H,22,24)(H,23,25). The van der Waals surface area contributed by atoms with Gasteiger partial charge in [0.05, 0.1) is 24.5 Å². The third kappa shape index (κ3) is 4.00. The fourth-order valence-electron chi connectivity index (χ4n) is 2.77. The third-order valence-electron chi connectivity index (χ3n) is 4.11. The van der Waals surface area contributed by atoms with Gasteiger partial charge in [-0.3, -0.25) is 4.99 Å². The van der Waals surface area contributed by atoms with E-state index in [4.69, 9.17) is 9.15 Å². The van der Waals surface area contributed by atoms with Gasteiger partial charge in [-0.05, 0) is 55.5 Å². The first-order valence-corrected chi connectivity index (χ1v) is 8.81. The molecule has 0 atom stereocenters. The summed E-state index contributed by atoms with van der Waals surface area (Å²) in [4.78, 5) is 11.6. The minimum Gasteiger partial charge on any atom is -0.487 e. The molecule has 2 heterocycles. The lowest BCUT2D eigenvalue weighted by Gasteiger charge is -2.11. The highest BCUT2D eigenvalue weighted by Gasteiger charge is 2.07. The van der Waals surface area contributed by atoms with Crippen LogP contribution in [-0.4, -0.2) is 22.3 Å². The van der Waals surface area contributed by atoms with Crippen LogP contribution >= 0.6 is 0 Å². The van der Waals surface area contributed by atoms with Gasteiger partial charge >= 0.3 is 0 Å². The first-order valence-electron chi connectivity index (χ1n) is 8.81. The van der Waals surface area contributed by atoms with Crippen molar-refractivity contribution in [2.75, 3.05) is 11.9 Å². The maximum Gasteiger partial charge on any atom is 0.133 e. The number of aromatic nitrogens is 2. The van der Waals surface area contributed by atoms with E-state index in [1.165, 1.54) is 0 Å². The maximum atomic E-state index is 5.74. The molecule has 0 radical (unpaired) electrons. The third-order valence-corrected chi connectivity index (χ3v) is 4.11. The molecule has 0 unspecified atom stereocenters. The quantitative estimate of drug-likeness (QED) is 0.389. The summed E-state index contributed by atoms with van der Waals surface area (Å²) in [6.45, 7) is 3.17. The molecule has 0 aliphatic carbocycles. The van der Waals surface area contributed by atoms with E-state index in [9.17, 15) is 0 Å². The molecule has 4 rings (SSSR count). The number of ether oxygens (including phenoxy) is 1. The molecule has 2 N–H and O–H groups in total. The Balaban J connectivity index is 1.47. The molecule has 2 aromatic heterocycles. The average molecular weight is 360 g/mol. The zero-order valence-electron chi connectivity index (χ0n) is 15.0. The van der Waals surface area contributed by atoms with Crippen LogP contribution in [0.1, 0.15) is 18.2 Å². The van der Waals surface area contributed by atoms with E-state index in [2.05, 4.69) is 26.3 Å². The minimum absolute atomic E-state index is 0.458. The number of furan rings is 1. The molecule has 136 valence electrons. The number of hydrogen-bond acceptors (Lipinski definition) is 4. The van der Waals surface area contributed by atoms with Crippen molar-refractivity contribution in [1.29, 1.82) is 0 Å². The van der Waals surface area contributed by atoms with Gasteiger partial charge in [0.1, 0.15) is 23.8 Å². The zero-order chi connectivity index (χ0) is 18.5. The zero-order valence-corrected chi connectivity index (χ0v) is 15.0. The van der Waals surface area contributed by atoms with Gasteiger partial charge in [0.2, 0.25) is 0 Å². The summed E-state index contributed by atoms with van der Waals surface area (Å²) in [5.41, 5.74) is 3.77. The number of amidine groups is 1. The number of nitrogens with one attached hydrogen (secondary N) is 2. The Kier molecular flexibility index (Phi) is 4.87. The van der Waals surface area contributed by atoms with Gasteiger partial charge in [0.15, 0.2) is 0 Å². The Bertz CT molecular complexity index is 1030. The van der Waals surface area contributed by atoms with E-state index in [0.717, 1.165) is 39.5 Å². The number of rotatable bonds is 6. The van der Waals surface area contributed by atoms with Gasteiger partial charge in [-0.25, -0.2) is 4.98 Å². The number of anilines is 1. The van der Waals surface area contributed by atoms with Crippen LogP contribution in [0.15, 0.2) is 76.7 Å². The normalized spacial score (nSPS) is 11.7. The van der Waals surface area contributed by atoms with Gasteiger partial charge in [-0.15, -0.1) is 0 Å². The summed E-state index contributed by atoms with van der Waals surface area (Å²) >= 11 is 0. The monoisotopic (exact) mass is 360 g/mol. The molecule has 0 saturated carbocycles. The van der Waals surface area contributed by atoms with Crippen molar-refractivity contribution >= 4 is 22.5 Å². The molecule has 2 aromatic carbocycles. The molecule has 0 bridgehead atoms. The highest BCUT2D eigenvalue weighted by molar-refractivity contribution is 6.09. The van der Waals surface area contributed by atoms with Crippen LogP contribution in [0.4, 0.5) is 5.69 Å². The van der Waals surface area contributed by atoms with Crippen LogP contribution in [0.2, 0.25) is 0 Å². The van der Waals surface area contributed by atoms with Gasteiger partial charge in [-0.2, -0.15) is 0 Å². The van der Waals surface area contributed by atoms with Crippen molar-refractivity contribution in [3.8, 4) is 5.75 Å². The second-order valence-electron chi connectivity index (χ2n) is 6.01. The predicted octanol–water partition coefficient (Wildman–Crippen LogP) is 4.61. The van der Waals surface area contributed by atoms with Gasteiger partial charge in [0, 0.05) is 23.2 Å². The fourth-order valence-corrected chi connectivity index (χ4v) is 2.77. The number of aliphatic imine (C=N–C) groups is 1. The van der Waals surface area contributed by atoms with Crippen molar-refractivity contribution < 1.29 is 9.15 Å². The summed E-state index contributed by atoms with van der Waals surface area (Å²) in [5.74, 6) is 1.62. The molecular weight excluding hydrogens is 340 g/mol. The topological polar surface area (TPSA) is 75.4 Å². The van der Waals surface area contributed by atoms with Crippen LogP contribution in [0.5, 0.6) is 5.75 Å². The molecule has 6 nitrogen and oxygen atoms in total. The van der Waals surface area contributed by atoms with Crippen LogP contribution in [-0.2, 0) is 6.61 Å².